The number of carboxylic acids is 1. The van der Waals surface area contributed by atoms with E-state index in [1.54, 1.807) is 25.1 Å². The van der Waals surface area contributed by atoms with Crippen molar-refractivity contribution in [3.8, 4) is 0 Å². The smallest absolute Gasteiger partial charge is 0.335 e. The normalized spacial score (nSPS) is 10.2. The number of carboxylic acid groups (broad SMARTS) is 1. The third-order valence-corrected chi connectivity index (χ3v) is 2.93. The van der Waals surface area contributed by atoms with Crippen LogP contribution in [0, 0.1) is 12.7 Å². The van der Waals surface area contributed by atoms with Crippen molar-refractivity contribution in [1.29, 1.82) is 0 Å². The van der Waals surface area contributed by atoms with Crippen LogP contribution in [0.2, 0.25) is 0 Å². The van der Waals surface area contributed by atoms with E-state index in [-0.39, 0.29) is 17.7 Å². The standard InChI is InChI=1S/C16H14FNO3/c1-10-5-13(8-14(17)6-10)15(19)18-9-11-3-2-4-12(7-11)16(20)21/h2-8H,9H2,1H3,(H,18,19)(H,20,21). The summed E-state index contributed by atoms with van der Waals surface area (Å²) in [6, 6.07) is 10.4. The van der Waals surface area contributed by atoms with Gasteiger partial charge in [0.15, 0.2) is 0 Å². The quantitative estimate of drug-likeness (QED) is 0.908. The van der Waals surface area contributed by atoms with E-state index < -0.39 is 17.7 Å². The molecule has 5 heteroatoms. The largest absolute Gasteiger partial charge is 0.478 e. The number of aromatic carboxylic acids is 1. The first kappa shape index (κ1) is 14.7. The number of rotatable bonds is 4. The topological polar surface area (TPSA) is 66.4 Å². The fourth-order valence-corrected chi connectivity index (χ4v) is 1.97. The van der Waals surface area contributed by atoms with Crippen molar-refractivity contribution >= 4 is 11.9 Å². The number of hydrogen-bond acceptors (Lipinski definition) is 2. The number of aryl methyl sites for hydroxylation is 1. The maximum atomic E-state index is 13.2. The van der Waals surface area contributed by atoms with Crippen LogP contribution in [-0.4, -0.2) is 17.0 Å². The molecule has 0 unspecified atom stereocenters. The molecule has 1 amide bonds. The van der Waals surface area contributed by atoms with Gasteiger partial charge >= 0.3 is 5.97 Å². The Kier molecular flexibility index (Phi) is 4.33. The second-order valence-electron chi connectivity index (χ2n) is 4.71. The molecule has 0 spiro atoms. The molecule has 0 radical (unpaired) electrons. The first-order valence-corrected chi connectivity index (χ1v) is 6.33. The third kappa shape index (κ3) is 3.89. The average molecular weight is 287 g/mol. The Morgan fingerprint density at radius 2 is 1.90 bits per heavy atom. The first-order chi connectivity index (χ1) is 9.95. The third-order valence-electron chi connectivity index (χ3n) is 2.93. The number of carbonyl (C=O) groups excluding carboxylic acids is 1. The molecule has 0 heterocycles. The minimum atomic E-state index is -1.02. The van der Waals surface area contributed by atoms with E-state index in [9.17, 15) is 14.0 Å². The fourth-order valence-electron chi connectivity index (χ4n) is 1.97. The Morgan fingerprint density at radius 1 is 1.14 bits per heavy atom. The fraction of sp³-hybridized carbons (Fsp3) is 0.125. The van der Waals surface area contributed by atoms with E-state index >= 15 is 0 Å². The first-order valence-electron chi connectivity index (χ1n) is 6.33. The summed E-state index contributed by atoms with van der Waals surface area (Å²) >= 11 is 0. The predicted octanol–water partition coefficient (Wildman–Crippen LogP) is 2.76. The summed E-state index contributed by atoms with van der Waals surface area (Å²) in [5.41, 5.74) is 1.72. The molecule has 2 rings (SSSR count). The summed E-state index contributed by atoms with van der Waals surface area (Å²) in [5.74, 6) is -1.89. The number of benzene rings is 2. The van der Waals surface area contributed by atoms with Crippen molar-refractivity contribution in [3.05, 3.63) is 70.5 Å². The van der Waals surface area contributed by atoms with E-state index in [0.29, 0.717) is 11.1 Å². The van der Waals surface area contributed by atoms with E-state index in [1.165, 1.54) is 18.2 Å². The minimum Gasteiger partial charge on any atom is -0.478 e. The lowest BCUT2D eigenvalue weighted by Crippen LogP contribution is -2.23. The zero-order valence-corrected chi connectivity index (χ0v) is 11.4. The van der Waals surface area contributed by atoms with Crippen LogP contribution in [0.15, 0.2) is 42.5 Å². The van der Waals surface area contributed by atoms with Gasteiger partial charge in [-0.15, -0.1) is 0 Å². The maximum Gasteiger partial charge on any atom is 0.335 e. The zero-order chi connectivity index (χ0) is 15.4. The van der Waals surface area contributed by atoms with Gasteiger partial charge in [0.2, 0.25) is 0 Å². The van der Waals surface area contributed by atoms with Crippen LogP contribution in [0.3, 0.4) is 0 Å². The van der Waals surface area contributed by atoms with Crippen molar-refractivity contribution in [2.75, 3.05) is 0 Å². The zero-order valence-electron chi connectivity index (χ0n) is 11.4. The number of amides is 1. The molecular formula is C16H14FNO3. The van der Waals surface area contributed by atoms with Crippen molar-refractivity contribution in [2.45, 2.75) is 13.5 Å². The van der Waals surface area contributed by atoms with E-state index in [0.717, 1.165) is 6.07 Å². The second-order valence-corrected chi connectivity index (χ2v) is 4.71. The Hall–Kier alpha value is -2.69. The number of carbonyl (C=O) groups is 2. The Bertz CT molecular complexity index is 677. The summed E-state index contributed by atoms with van der Waals surface area (Å²) < 4.78 is 13.2. The van der Waals surface area contributed by atoms with Crippen LogP contribution in [0.1, 0.15) is 31.8 Å². The molecule has 108 valence electrons. The van der Waals surface area contributed by atoms with E-state index in [1.807, 2.05) is 0 Å². The van der Waals surface area contributed by atoms with Gasteiger partial charge in [0.05, 0.1) is 5.56 Å². The van der Waals surface area contributed by atoms with Gasteiger partial charge in [0, 0.05) is 12.1 Å². The number of nitrogens with one attached hydrogen (secondary N) is 1. The van der Waals surface area contributed by atoms with Gasteiger partial charge in [-0.25, -0.2) is 9.18 Å². The summed E-state index contributed by atoms with van der Waals surface area (Å²) in [4.78, 5) is 22.8. The van der Waals surface area contributed by atoms with Crippen LogP contribution in [0.4, 0.5) is 4.39 Å². The molecule has 0 aliphatic rings. The molecule has 0 saturated carbocycles. The van der Waals surface area contributed by atoms with Crippen molar-refractivity contribution in [1.82, 2.24) is 5.32 Å². The molecule has 0 aliphatic carbocycles. The highest BCUT2D eigenvalue weighted by Crippen LogP contribution is 2.09. The molecule has 0 atom stereocenters. The monoisotopic (exact) mass is 287 g/mol. The van der Waals surface area contributed by atoms with E-state index in [4.69, 9.17) is 5.11 Å². The summed E-state index contributed by atoms with van der Waals surface area (Å²) in [6.07, 6.45) is 0. The highest BCUT2D eigenvalue weighted by molar-refractivity contribution is 5.94. The van der Waals surface area contributed by atoms with Crippen LogP contribution < -0.4 is 5.32 Å². The SMILES string of the molecule is Cc1cc(F)cc(C(=O)NCc2cccc(C(=O)O)c2)c1. The predicted molar refractivity (Wildman–Crippen MR) is 75.7 cm³/mol. The van der Waals surface area contributed by atoms with Gasteiger partial charge in [0.25, 0.3) is 5.91 Å². The van der Waals surface area contributed by atoms with Gasteiger partial charge in [-0.1, -0.05) is 12.1 Å². The summed E-state index contributed by atoms with van der Waals surface area (Å²) in [7, 11) is 0. The molecule has 0 fully saturated rings. The molecular weight excluding hydrogens is 273 g/mol. The van der Waals surface area contributed by atoms with Crippen molar-refractivity contribution < 1.29 is 19.1 Å². The number of halogens is 1. The Balaban J connectivity index is 2.07. The molecule has 0 saturated heterocycles. The highest BCUT2D eigenvalue weighted by Gasteiger charge is 2.08. The molecule has 21 heavy (non-hydrogen) atoms. The van der Waals surface area contributed by atoms with Crippen molar-refractivity contribution in [3.63, 3.8) is 0 Å². The average Bonchev–Trinajstić information content (AvgIpc) is 2.44. The maximum absolute atomic E-state index is 13.2. The van der Waals surface area contributed by atoms with Gasteiger partial charge in [0.1, 0.15) is 5.82 Å². The second kappa shape index (κ2) is 6.17. The lowest BCUT2D eigenvalue weighted by molar-refractivity contribution is 0.0696. The molecule has 0 bridgehead atoms. The molecule has 0 aromatic heterocycles. The van der Waals surface area contributed by atoms with Crippen LogP contribution in [0.25, 0.3) is 0 Å². The Labute approximate surface area is 121 Å². The Morgan fingerprint density at radius 3 is 2.57 bits per heavy atom. The summed E-state index contributed by atoms with van der Waals surface area (Å²) in [6.45, 7) is 1.88. The van der Waals surface area contributed by atoms with Gasteiger partial charge in [-0.05, 0) is 48.4 Å². The summed E-state index contributed by atoms with van der Waals surface area (Å²) in [5, 5.41) is 11.5. The van der Waals surface area contributed by atoms with Gasteiger partial charge in [-0.2, -0.15) is 0 Å². The molecule has 4 nitrogen and oxygen atoms in total. The van der Waals surface area contributed by atoms with E-state index in [2.05, 4.69) is 5.32 Å². The minimum absolute atomic E-state index is 0.156. The van der Waals surface area contributed by atoms with Crippen LogP contribution in [-0.2, 0) is 6.54 Å². The molecule has 2 N–H and O–H groups in total. The van der Waals surface area contributed by atoms with Crippen molar-refractivity contribution in [2.24, 2.45) is 0 Å². The van der Waals surface area contributed by atoms with Gasteiger partial charge < -0.3 is 10.4 Å². The highest BCUT2D eigenvalue weighted by atomic mass is 19.1. The van der Waals surface area contributed by atoms with Crippen LogP contribution in [0.5, 0.6) is 0 Å². The molecule has 2 aromatic carbocycles. The lowest BCUT2D eigenvalue weighted by Gasteiger charge is -2.07. The van der Waals surface area contributed by atoms with Gasteiger partial charge in [-0.3, -0.25) is 4.79 Å². The molecule has 2 aromatic rings. The lowest BCUT2D eigenvalue weighted by atomic mass is 10.1. The number of hydrogen-bond donors (Lipinski definition) is 2. The van der Waals surface area contributed by atoms with Crippen LogP contribution >= 0.6 is 0 Å². The molecule has 0 aliphatic heterocycles.